The first kappa shape index (κ1) is 15.7. The van der Waals surface area contributed by atoms with Crippen molar-refractivity contribution in [3.63, 3.8) is 0 Å². The highest BCUT2D eigenvalue weighted by atomic mass is 16.5. The lowest BCUT2D eigenvalue weighted by Gasteiger charge is -2.13. The van der Waals surface area contributed by atoms with Crippen molar-refractivity contribution in [3.05, 3.63) is 18.2 Å². The van der Waals surface area contributed by atoms with Gasteiger partial charge in [0.05, 0.1) is 13.2 Å². The van der Waals surface area contributed by atoms with Crippen molar-refractivity contribution < 1.29 is 9.47 Å². The first-order valence-electron chi connectivity index (χ1n) is 7.45. The molecule has 0 saturated heterocycles. The maximum atomic E-state index is 5.61. The Bertz CT molecular complexity index is 353. The van der Waals surface area contributed by atoms with Crippen molar-refractivity contribution in [2.45, 2.75) is 46.5 Å². The number of hydrogen-bond donors (Lipinski definition) is 1. The summed E-state index contributed by atoms with van der Waals surface area (Å²) < 4.78 is 11.2. The van der Waals surface area contributed by atoms with E-state index < -0.39 is 0 Å². The zero-order chi connectivity index (χ0) is 13.9. The Balaban J connectivity index is 2.51. The van der Waals surface area contributed by atoms with Gasteiger partial charge in [0, 0.05) is 18.3 Å². The van der Waals surface area contributed by atoms with Crippen molar-refractivity contribution in [1.82, 2.24) is 0 Å². The molecule has 1 rings (SSSR count). The Morgan fingerprint density at radius 2 is 1.63 bits per heavy atom. The van der Waals surface area contributed by atoms with Gasteiger partial charge in [-0.2, -0.15) is 0 Å². The molecule has 0 heterocycles. The van der Waals surface area contributed by atoms with Gasteiger partial charge in [0.2, 0.25) is 0 Å². The molecule has 0 bridgehead atoms. The normalized spacial score (nSPS) is 10.3. The first-order chi connectivity index (χ1) is 9.31. The standard InChI is InChI=1S/C16H27NO2/c1-4-7-8-9-12-17-14-10-11-15(18-5-2)16(13-14)19-6-3/h10-11,13,17H,4-9,12H2,1-3H3. The molecule has 0 amide bonds. The highest BCUT2D eigenvalue weighted by Gasteiger charge is 2.05. The molecule has 0 fully saturated rings. The van der Waals surface area contributed by atoms with E-state index in [0.717, 1.165) is 23.7 Å². The molecule has 0 aliphatic rings. The molecule has 0 unspecified atom stereocenters. The van der Waals surface area contributed by atoms with Gasteiger partial charge in [-0.3, -0.25) is 0 Å². The molecule has 3 nitrogen and oxygen atoms in total. The quantitative estimate of drug-likeness (QED) is 0.633. The van der Waals surface area contributed by atoms with Crippen LogP contribution in [0, 0.1) is 0 Å². The van der Waals surface area contributed by atoms with Crippen molar-refractivity contribution in [1.29, 1.82) is 0 Å². The molecular formula is C16H27NO2. The summed E-state index contributed by atoms with van der Waals surface area (Å²) in [6.07, 6.45) is 5.09. The Kier molecular flexibility index (Phi) is 7.87. The van der Waals surface area contributed by atoms with Crippen molar-refractivity contribution in [3.8, 4) is 11.5 Å². The number of rotatable bonds is 10. The molecule has 0 aromatic heterocycles. The van der Waals surface area contributed by atoms with E-state index in [0.29, 0.717) is 13.2 Å². The van der Waals surface area contributed by atoms with E-state index in [2.05, 4.69) is 12.2 Å². The van der Waals surface area contributed by atoms with Gasteiger partial charge in [0.1, 0.15) is 0 Å². The fraction of sp³-hybridized carbons (Fsp3) is 0.625. The molecule has 0 radical (unpaired) electrons. The summed E-state index contributed by atoms with van der Waals surface area (Å²) in [5.41, 5.74) is 1.10. The van der Waals surface area contributed by atoms with Crippen LogP contribution in [0.15, 0.2) is 18.2 Å². The van der Waals surface area contributed by atoms with E-state index in [-0.39, 0.29) is 0 Å². The summed E-state index contributed by atoms with van der Waals surface area (Å²) in [6.45, 7) is 8.52. The number of ether oxygens (including phenoxy) is 2. The number of anilines is 1. The highest BCUT2D eigenvalue weighted by molar-refractivity contribution is 5.54. The molecule has 3 heteroatoms. The molecule has 0 aliphatic carbocycles. The van der Waals surface area contributed by atoms with Gasteiger partial charge >= 0.3 is 0 Å². The molecule has 19 heavy (non-hydrogen) atoms. The minimum atomic E-state index is 0.653. The van der Waals surface area contributed by atoms with Gasteiger partial charge in [-0.25, -0.2) is 0 Å². The monoisotopic (exact) mass is 265 g/mol. The smallest absolute Gasteiger partial charge is 0.163 e. The van der Waals surface area contributed by atoms with Crippen LogP contribution in [0.25, 0.3) is 0 Å². The summed E-state index contributed by atoms with van der Waals surface area (Å²) in [4.78, 5) is 0. The second-order valence-electron chi connectivity index (χ2n) is 4.51. The van der Waals surface area contributed by atoms with Crippen LogP contribution in [-0.2, 0) is 0 Å². The Labute approximate surface area is 117 Å². The van der Waals surface area contributed by atoms with Crippen LogP contribution in [0.3, 0.4) is 0 Å². The van der Waals surface area contributed by atoms with E-state index >= 15 is 0 Å². The van der Waals surface area contributed by atoms with E-state index in [1.807, 2.05) is 32.0 Å². The van der Waals surface area contributed by atoms with Gasteiger partial charge < -0.3 is 14.8 Å². The maximum absolute atomic E-state index is 5.61. The third-order valence-electron chi connectivity index (χ3n) is 2.90. The molecule has 0 aliphatic heterocycles. The minimum Gasteiger partial charge on any atom is -0.490 e. The lowest BCUT2D eigenvalue weighted by molar-refractivity contribution is 0.288. The number of nitrogens with one attached hydrogen (secondary N) is 1. The number of hydrogen-bond acceptors (Lipinski definition) is 3. The molecule has 0 saturated carbocycles. The Morgan fingerprint density at radius 1 is 0.895 bits per heavy atom. The van der Waals surface area contributed by atoms with Crippen LogP contribution in [0.2, 0.25) is 0 Å². The summed E-state index contributed by atoms with van der Waals surface area (Å²) in [6, 6.07) is 6.05. The molecule has 1 aromatic rings. The summed E-state index contributed by atoms with van der Waals surface area (Å²) in [5.74, 6) is 1.64. The molecule has 108 valence electrons. The summed E-state index contributed by atoms with van der Waals surface area (Å²) in [7, 11) is 0. The minimum absolute atomic E-state index is 0.653. The number of benzene rings is 1. The van der Waals surface area contributed by atoms with Gasteiger partial charge in [-0.15, -0.1) is 0 Å². The van der Waals surface area contributed by atoms with Crippen molar-refractivity contribution in [2.75, 3.05) is 25.1 Å². The highest BCUT2D eigenvalue weighted by Crippen LogP contribution is 2.30. The molecule has 0 spiro atoms. The predicted octanol–water partition coefficient (Wildman–Crippen LogP) is 4.48. The van der Waals surface area contributed by atoms with Crippen molar-refractivity contribution in [2.24, 2.45) is 0 Å². The molecule has 1 N–H and O–H groups in total. The van der Waals surface area contributed by atoms with E-state index in [9.17, 15) is 0 Å². The zero-order valence-corrected chi connectivity index (χ0v) is 12.5. The van der Waals surface area contributed by atoms with Crippen LogP contribution >= 0.6 is 0 Å². The zero-order valence-electron chi connectivity index (χ0n) is 12.5. The van der Waals surface area contributed by atoms with Crippen LogP contribution in [0.4, 0.5) is 5.69 Å². The Morgan fingerprint density at radius 3 is 2.32 bits per heavy atom. The lowest BCUT2D eigenvalue weighted by Crippen LogP contribution is -2.03. The lowest BCUT2D eigenvalue weighted by atomic mass is 10.2. The molecular weight excluding hydrogens is 238 g/mol. The second-order valence-corrected chi connectivity index (χ2v) is 4.51. The average Bonchev–Trinajstić information content (AvgIpc) is 2.42. The summed E-state index contributed by atoms with van der Waals surface area (Å²) >= 11 is 0. The van der Waals surface area contributed by atoms with Gasteiger partial charge in [-0.1, -0.05) is 26.2 Å². The largest absolute Gasteiger partial charge is 0.490 e. The van der Waals surface area contributed by atoms with E-state index in [1.54, 1.807) is 0 Å². The third kappa shape index (κ3) is 5.86. The maximum Gasteiger partial charge on any atom is 0.163 e. The van der Waals surface area contributed by atoms with Gasteiger partial charge in [-0.05, 0) is 32.4 Å². The van der Waals surface area contributed by atoms with Crippen LogP contribution in [-0.4, -0.2) is 19.8 Å². The third-order valence-corrected chi connectivity index (χ3v) is 2.90. The predicted molar refractivity (Wildman–Crippen MR) is 81.4 cm³/mol. The second kappa shape index (κ2) is 9.54. The van der Waals surface area contributed by atoms with Crippen LogP contribution < -0.4 is 14.8 Å². The fourth-order valence-corrected chi connectivity index (χ4v) is 1.95. The fourth-order valence-electron chi connectivity index (χ4n) is 1.95. The van der Waals surface area contributed by atoms with E-state index in [4.69, 9.17) is 9.47 Å². The molecule has 1 aromatic carbocycles. The summed E-state index contributed by atoms with van der Waals surface area (Å²) in [5, 5.41) is 3.44. The van der Waals surface area contributed by atoms with Gasteiger partial charge in [0.25, 0.3) is 0 Å². The average molecular weight is 265 g/mol. The SMILES string of the molecule is CCCCCCNc1ccc(OCC)c(OCC)c1. The Hall–Kier alpha value is -1.38. The number of unbranched alkanes of at least 4 members (excludes halogenated alkanes) is 3. The van der Waals surface area contributed by atoms with Crippen LogP contribution in [0.5, 0.6) is 11.5 Å². The van der Waals surface area contributed by atoms with E-state index in [1.165, 1.54) is 25.7 Å². The topological polar surface area (TPSA) is 30.5 Å². The molecule has 0 atom stereocenters. The van der Waals surface area contributed by atoms with Crippen molar-refractivity contribution >= 4 is 5.69 Å². The first-order valence-corrected chi connectivity index (χ1v) is 7.45. The van der Waals surface area contributed by atoms with Gasteiger partial charge in [0.15, 0.2) is 11.5 Å². The van der Waals surface area contributed by atoms with Crippen LogP contribution in [0.1, 0.15) is 46.5 Å².